The Morgan fingerprint density at radius 3 is 2.39 bits per heavy atom. The van der Waals surface area contributed by atoms with E-state index in [9.17, 15) is 4.79 Å². The summed E-state index contributed by atoms with van der Waals surface area (Å²) in [5, 5.41) is 0. The average molecular weight is 317 g/mol. The molecule has 0 saturated heterocycles. The molecule has 23 heavy (non-hydrogen) atoms. The standard InChI is InChI=1S/C20H31NO2/c1-3-5-6-16-7-9-17(10-8-16)11-12-18-13-14-19(15-21-18)23-20(22)4-2/h13-17H,3-12H2,1-2H3. The van der Waals surface area contributed by atoms with Crippen LogP contribution in [0.1, 0.15) is 77.3 Å². The zero-order chi connectivity index (χ0) is 16.5. The number of aromatic nitrogens is 1. The summed E-state index contributed by atoms with van der Waals surface area (Å²) in [6.45, 7) is 4.08. The molecule has 1 aliphatic rings. The fraction of sp³-hybridized carbons (Fsp3) is 0.700. The van der Waals surface area contributed by atoms with Gasteiger partial charge in [-0.1, -0.05) is 58.8 Å². The molecule has 0 unspecified atom stereocenters. The number of aryl methyl sites for hydroxylation is 1. The van der Waals surface area contributed by atoms with Crippen molar-refractivity contribution in [3.63, 3.8) is 0 Å². The first-order valence-electron chi connectivity index (χ1n) is 9.36. The van der Waals surface area contributed by atoms with Crippen molar-refractivity contribution in [3.8, 4) is 5.75 Å². The van der Waals surface area contributed by atoms with Gasteiger partial charge in [0.25, 0.3) is 0 Å². The number of carbonyl (C=O) groups excluding carboxylic acids is 1. The lowest BCUT2D eigenvalue weighted by Gasteiger charge is -2.28. The molecule has 1 fully saturated rings. The minimum absolute atomic E-state index is 0.209. The molecule has 128 valence electrons. The van der Waals surface area contributed by atoms with Crippen molar-refractivity contribution in [2.24, 2.45) is 11.8 Å². The lowest BCUT2D eigenvalue weighted by molar-refractivity contribution is -0.134. The number of hydrogen-bond acceptors (Lipinski definition) is 3. The van der Waals surface area contributed by atoms with Crippen LogP contribution in [0.25, 0.3) is 0 Å². The molecule has 1 aromatic rings. The highest BCUT2D eigenvalue weighted by atomic mass is 16.5. The summed E-state index contributed by atoms with van der Waals surface area (Å²) in [5.41, 5.74) is 1.11. The second kappa shape index (κ2) is 9.69. The van der Waals surface area contributed by atoms with Gasteiger partial charge in [0, 0.05) is 12.1 Å². The van der Waals surface area contributed by atoms with E-state index in [4.69, 9.17) is 4.74 Å². The average Bonchev–Trinajstić information content (AvgIpc) is 2.60. The highest BCUT2D eigenvalue weighted by molar-refractivity contribution is 5.71. The maximum Gasteiger partial charge on any atom is 0.310 e. The van der Waals surface area contributed by atoms with Crippen LogP contribution in [-0.4, -0.2) is 11.0 Å². The summed E-state index contributed by atoms with van der Waals surface area (Å²) in [4.78, 5) is 15.7. The second-order valence-corrected chi connectivity index (χ2v) is 6.88. The second-order valence-electron chi connectivity index (χ2n) is 6.88. The third-order valence-electron chi connectivity index (χ3n) is 5.06. The van der Waals surface area contributed by atoms with E-state index >= 15 is 0 Å². The Bertz CT molecular complexity index is 461. The Morgan fingerprint density at radius 1 is 1.13 bits per heavy atom. The van der Waals surface area contributed by atoms with Crippen molar-refractivity contribution < 1.29 is 9.53 Å². The smallest absolute Gasteiger partial charge is 0.310 e. The van der Waals surface area contributed by atoms with Crippen molar-refractivity contribution in [2.75, 3.05) is 0 Å². The van der Waals surface area contributed by atoms with Crippen LogP contribution in [0.2, 0.25) is 0 Å². The molecule has 0 spiro atoms. The number of hydrogen-bond donors (Lipinski definition) is 0. The van der Waals surface area contributed by atoms with E-state index in [-0.39, 0.29) is 5.97 Å². The SMILES string of the molecule is CCCCC1CCC(CCc2ccc(OC(=O)CC)cn2)CC1. The van der Waals surface area contributed by atoms with Gasteiger partial charge in [-0.2, -0.15) is 0 Å². The third kappa shape index (κ3) is 6.32. The summed E-state index contributed by atoms with van der Waals surface area (Å²) in [6.07, 6.45) is 14.1. The minimum Gasteiger partial charge on any atom is -0.425 e. The highest BCUT2D eigenvalue weighted by Gasteiger charge is 2.20. The Hall–Kier alpha value is -1.38. The van der Waals surface area contributed by atoms with Crippen LogP contribution in [-0.2, 0) is 11.2 Å². The van der Waals surface area contributed by atoms with Gasteiger partial charge in [0.15, 0.2) is 0 Å². The zero-order valence-corrected chi connectivity index (χ0v) is 14.7. The van der Waals surface area contributed by atoms with Crippen LogP contribution in [0.3, 0.4) is 0 Å². The Morgan fingerprint density at radius 2 is 1.83 bits per heavy atom. The highest BCUT2D eigenvalue weighted by Crippen LogP contribution is 2.34. The molecular formula is C20H31NO2. The van der Waals surface area contributed by atoms with Crippen LogP contribution in [0, 0.1) is 11.8 Å². The fourth-order valence-electron chi connectivity index (χ4n) is 3.48. The number of nitrogens with zero attached hydrogens (tertiary/aromatic N) is 1. The van der Waals surface area contributed by atoms with Crippen LogP contribution >= 0.6 is 0 Å². The molecule has 0 bridgehead atoms. The Kier molecular flexibility index (Phi) is 7.57. The van der Waals surface area contributed by atoms with Gasteiger partial charge >= 0.3 is 5.97 Å². The molecule has 0 atom stereocenters. The number of pyridine rings is 1. The molecular weight excluding hydrogens is 286 g/mol. The molecule has 1 saturated carbocycles. The quantitative estimate of drug-likeness (QED) is 0.609. The van der Waals surface area contributed by atoms with E-state index in [1.807, 2.05) is 12.1 Å². The van der Waals surface area contributed by atoms with Crippen molar-refractivity contribution in [2.45, 2.75) is 78.1 Å². The van der Waals surface area contributed by atoms with Gasteiger partial charge in [-0.25, -0.2) is 0 Å². The number of esters is 1. The van der Waals surface area contributed by atoms with E-state index in [0.29, 0.717) is 12.2 Å². The summed E-state index contributed by atoms with van der Waals surface area (Å²) in [6, 6.07) is 3.85. The minimum atomic E-state index is -0.209. The first kappa shape index (κ1) is 18.0. The van der Waals surface area contributed by atoms with Crippen molar-refractivity contribution in [3.05, 3.63) is 24.0 Å². The molecule has 0 aromatic carbocycles. The number of unbranched alkanes of at least 4 members (excludes halogenated alkanes) is 1. The predicted octanol–water partition coefficient (Wildman–Crippen LogP) is 5.33. The topological polar surface area (TPSA) is 39.2 Å². The van der Waals surface area contributed by atoms with Crippen LogP contribution in [0.4, 0.5) is 0 Å². The van der Waals surface area contributed by atoms with E-state index in [1.54, 1.807) is 13.1 Å². The molecule has 2 rings (SSSR count). The summed E-state index contributed by atoms with van der Waals surface area (Å²) >= 11 is 0. The zero-order valence-electron chi connectivity index (χ0n) is 14.7. The molecule has 0 aliphatic heterocycles. The number of ether oxygens (including phenoxy) is 1. The fourth-order valence-corrected chi connectivity index (χ4v) is 3.48. The third-order valence-corrected chi connectivity index (χ3v) is 5.06. The lowest BCUT2D eigenvalue weighted by Crippen LogP contribution is -2.15. The first-order chi connectivity index (χ1) is 11.2. The van der Waals surface area contributed by atoms with Crippen molar-refractivity contribution in [1.82, 2.24) is 4.98 Å². The molecule has 3 heteroatoms. The molecule has 3 nitrogen and oxygen atoms in total. The van der Waals surface area contributed by atoms with Crippen molar-refractivity contribution >= 4 is 5.97 Å². The maximum absolute atomic E-state index is 11.2. The van der Waals surface area contributed by atoms with Gasteiger partial charge in [-0.3, -0.25) is 9.78 Å². The van der Waals surface area contributed by atoms with E-state index in [1.165, 1.54) is 51.4 Å². The summed E-state index contributed by atoms with van der Waals surface area (Å²) in [5.74, 6) is 2.19. The molecule has 0 N–H and O–H groups in total. The van der Waals surface area contributed by atoms with Crippen LogP contribution in [0.5, 0.6) is 5.75 Å². The first-order valence-corrected chi connectivity index (χ1v) is 9.36. The lowest BCUT2D eigenvalue weighted by atomic mass is 9.78. The van der Waals surface area contributed by atoms with E-state index in [0.717, 1.165) is 24.0 Å². The van der Waals surface area contributed by atoms with Crippen LogP contribution in [0.15, 0.2) is 18.3 Å². The van der Waals surface area contributed by atoms with Crippen LogP contribution < -0.4 is 4.74 Å². The van der Waals surface area contributed by atoms with Gasteiger partial charge in [0.05, 0.1) is 6.20 Å². The van der Waals surface area contributed by atoms with Gasteiger partial charge in [-0.15, -0.1) is 0 Å². The number of carbonyl (C=O) groups is 1. The molecule has 0 amide bonds. The van der Waals surface area contributed by atoms with Gasteiger partial charge < -0.3 is 4.74 Å². The monoisotopic (exact) mass is 317 g/mol. The largest absolute Gasteiger partial charge is 0.425 e. The Balaban J connectivity index is 1.69. The molecule has 1 aromatic heterocycles. The Labute approximate surface area is 140 Å². The normalized spacial score (nSPS) is 21.1. The van der Waals surface area contributed by atoms with E-state index < -0.39 is 0 Å². The molecule has 0 radical (unpaired) electrons. The summed E-state index contributed by atoms with van der Waals surface area (Å²) in [7, 11) is 0. The number of rotatable bonds is 8. The van der Waals surface area contributed by atoms with Gasteiger partial charge in [0.1, 0.15) is 5.75 Å². The molecule has 1 aliphatic carbocycles. The molecule has 1 heterocycles. The van der Waals surface area contributed by atoms with E-state index in [2.05, 4.69) is 11.9 Å². The summed E-state index contributed by atoms with van der Waals surface area (Å²) < 4.78 is 5.16. The van der Waals surface area contributed by atoms with Gasteiger partial charge in [-0.05, 0) is 36.8 Å². The maximum atomic E-state index is 11.2. The van der Waals surface area contributed by atoms with Crippen molar-refractivity contribution in [1.29, 1.82) is 0 Å². The van der Waals surface area contributed by atoms with Gasteiger partial charge in [0.2, 0.25) is 0 Å². The predicted molar refractivity (Wildman–Crippen MR) is 93.5 cm³/mol.